The summed E-state index contributed by atoms with van der Waals surface area (Å²) >= 11 is 0. The largest absolute Gasteiger partial charge is 0.468 e. The highest BCUT2D eigenvalue weighted by Crippen LogP contribution is 2.17. The molecule has 0 fully saturated rings. The number of carbonyl (C=O) groups is 2. The average Bonchev–Trinajstić information content (AvgIpc) is 2.44. The Bertz CT molecular complexity index is 474. The van der Waals surface area contributed by atoms with Crippen molar-refractivity contribution in [2.75, 3.05) is 25.5 Å². The maximum atomic E-state index is 12.0. The molecule has 6 nitrogen and oxygen atoms in total. The molecule has 1 rings (SSSR count). The van der Waals surface area contributed by atoms with Gasteiger partial charge in [0.05, 0.1) is 13.2 Å². The number of urea groups is 1. The van der Waals surface area contributed by atoms with Gasteiger partial charge in [0.1, 0.15) is 6.54 Å². The third-order valence-corrected chi connectivity index (χ3v) is 2.84. The lowest BCUT2D eigenvalue weighted by atomic mass is 10.1. The Labute approximate surface area is 118 Å². The first kappa shape index (κ1) is 16.0. The Hall–Kier alpha value is -2.08. The molecule has 2 N–H and O–H groups in total. The van der Waals surface area contributed by atoms with Gasteiger partial charge in [0.15, 0.2) is 0 Å². The molecule has 0 heterocycles. The lowest BCUT2D eigenvalue weighted by molar-refractivity contribution is -0.141. The minimum Gasteiger partial charge on any atom is -0.468 e. The Morgan fingerprint density at radius 2 is 2.15 bits per heavy atom. The van der Waals surface area contributed by atoms with Gasteiger partial charge in [0, 0.05) is 12.2 Å². The number of methoxy groups -OCH3 is 1. The van der Waals surface area contributed by atoms with E-state index in [0.717, 1.165) is 0 Å². The van der Waals surface area contributed by atoms with E-state index in [1.165, 1.54) is 12.0 Å². The first-order valence-electron chi connectivity index (χ1n) is 6.38. The first-order chi connectivity index (χ1) is 9.47. The highest BCUT2D eigenvalue weighted by molar-refractivity contribution is 5.91. The van der Waals surface area contributed by atoms with Gasteiger partial charge in [-0.25, -0.2) is 4.79 Å². The van der Waals surface area contributed by atoms with E-state index in [-0.39, 0.29) is 12.6 Å². The number of rotatable bonds is 5. The maximum Gasteiger partial charge on any atom is 0.325 e. The third-order valence-electron chi connectivity index (χ3n) is 2.84. The minimum atomic E-state index is -0.607. The molecule has 20 heavy (non-hydrogen) atoms. The Balaban J connectivity index is 2.73. The number of nitrogens with one attached hydrogen (secondary N) is 1. The Kier molecular flexibility index (Phi) is 5.99. The van der Waals surface area contributed by atoms with E-state index in [0.29, 0.717) is 17.8 Å². The molecule has 0 bridgehead atoms. The molecule has 0 aliphatic rings. The van der Waals surface area contributed by atoms with Crippen molar-refractivity contribution in [3.63, 3.8) is 0 Å². The zero-order chi connectivity index (χ0) is 15.1. The molecule has 0 radical (unpaired) electrons. The molecule has 0 saturated carbocycles. The predicted molar refractivity (Wildman–Crippen MR) is 75.4 cm³/mol. The number of carbonyl (C=O) groups excluding carboxylic acids is 2. The summed E-state index contributed by atoms with van der Waals surface area (Å²) < 4.78 is 4.54. The smallest absolute Gasteiger partial charge is 0.325 e. The molecule has 0 aromatic heterocycles. The van der Waals surface area contributed by atoms with Crippen LogP contribution >= 0.6 is 0 Å². The summed E-state index contributed by atoms with van der Waals surface area (Å²) in [5.41, 5.74) is 1.27. The lowest BCUT2D eigenvalue weighted by Gasteiger charge is -2.20. The number of benzene rings is 1. The van der Waals surface area contributed by atoms with Gasteiger partial charge in [-0.3, -0.25) is 4.79 Å². The number of hydrogen-bond donors (Lipinski definition) is 2. The van der Waals surface area contributed by atoms with Crippen LogP contribution in [0.3, 0.4) is 0 Å². The summed E-state index contributed by atoms with van der Waals surface area (Å²) in [6.45, 7) is 3.71. The van der Waals surface area contributed by atoms with E-state index in [1.54, 1.807) is 38.1 Å². The van der Waals surface area contributed by atoms with E-state index in [1.807, 2.05) is 0 Å². The fourth-order valence-corrected chi connectivity index (χ4v) is 1.63. The molecule has 0 aliphatic heterocycles. The summed E-state index contributed by atoms with van der Waals surface area (Å²) in [4.78, 5) is 24.6. The van der Waals surface area contributed by atoms with Crippen LogP contribution in [0.1, 0.15) is 25.5 Å². The van der Waals surface area contributed by atoms with Crippen molar-refractivity contribution in [2.45, 2.75) is 20.0 Å². The van der Waals surface area contributed by atoms with Crippen LogP contribution in [0.4, 0.5) is 10.5 Å². The Morgan fingerprint density at radius 1 is 1.45 bits per heavy atom. The second-order valence-corrected chi connectivity index (χ2v) is 4.32. The number of ether oxygens (including phenoxy) is 1. The van der Waals surface area contributed by atoms with E-state index in [9.17, 15) is 14.7 Å². The summed E-state index contributed by atoms with van der Waals surface area (Å²) in [5.74, 6) is -0.472. The Morgan fingerprint density at radius 3 is 2.70 bits per heavy atom. The zero-order valence-corrected chi connectivity index (χ0v) is 11.9. The normalized spacial score (nSPS) is 11.6. The molecule has 1 unspecified atom stereocenters. The molecule has 2 amide bonds. The molecule has 0 aliphatic carbocycles. The third kappa shape index (κ3) is 4.55. The van der Waals surface area contributed by atoms with E-state index >= 15 is 0 Å². The van der Waals surface area contributed by atoms with Gasteiger partial charge in [-0.15, -0.1) is 0 Å². The molecular formula is C14H20N2O4. The van der Waals surface area contributed by atoms with Crippen molar-refractivity contribution in [3.05, 3.63) is 29.8 Å². The molecule has 1 aromatic carbocycles. The summed E-state index contributed by atoms with van der Waals surface area (Å²) in [6.07, 6.45) is -0.607. The van der Waals surface area contributed by atoms with Gasteiger partial charge < -0.3 is 20.1 Å². The van der Waals surface area contributed by atoms with Crippen molar-refractivity contribution in [1.82, 2.24) is 4.90 Å². The topological polar surface area (TPSA) is 78.9 Å². The second-order valence-electron chi connectivity index (χ2n) is 4.32. The number of aliphatic hydroxyl groups excluding tert-OH is 1. The number of anilines is 1. The summed E-state index contributed by atoms with van der Waals surface area (Å²) in [5, 5.41) is 12.2. The molecule has 0 spiro atoms. The van der Waals surface area contributed by atoms with Crippen LogP contribution in [-0.4, -0.2) is 42.2 Å². The van der Waals surface area contributed by atoms with Gasteiger partial charge in [-0.05, 0) is 31.5 Å². The predicted octanol–water partition coefficient (Wildman–Crippen LogP) is 1.77. The number of amides is 2. The molecule has 1 atom stereocenters. The number of esters is 1. The van der Waals surface area contributed by atoms with Crippen LogP contribution in [0.5, 0.6) is 0 Å². The SMILES string of the molecule is CCN(CC(=O)OC)C(=O)Nc1cccc(C(C)O)c1. The quantitative estimate of drug-likeness (QED) is 0.806. The molecule has 6 heteroatoms. The van der Waals surface area contributed by atoms with Crippen molar-refractivity contribution in [1.29, 1.82) is 0 Å². The average molecular weight is 280 g/mol. The second kappa shape index (κ2) is 7.49. The fraction of sp³-hybridized carbons (Fsp3) is 0.429. The van der Waals surface area contributed by atoms with Crippen LogP contribution < -0.4 is 5.32 Å². The number of hydrogen-bond acceptors (Lipinski definition) is 4. The fourth-order valence-electron chi connectivity index (χ4n) is 1.63. The van der Waals surface area contributed by atoms with Crippen LogP contribution in [0.2, 0.25) is 0 Å². The molecule has 1 aromatic rings. The number of likely N-dealkylation sites (N-methyl/N-ethyl adjacent to an activating group) is 1. The van der Waals surface area contributed by atoms with E-state index in [4.69, 9.17) is 0 Å². The monoisotopic (exact) mass is 280 g/mol. The van der Waals surface area contributed by atoms with Gasteiger partial charge in [-0.2, -0.15) is 0 Å². The molecule has 0 saturated heterocycles. The van der Waals surface area contributed by atoms with Crippen molar-refractivity contribution >= 4 is 17.7 Å². The van der Waals surface area contributed by atoms with Crippen molar-refractivity contribution < 1.29 is 19.4 Å². The van der Waals surface area contributed by atoms with Gasteiger partial charge in [0.25, 0.3) is 0 Å². The summed E-state index contributed by atoms with van der Waals surface area (Å²) in [6, 6.07) is 6.53. The highest BCUT2D eigenvalue weighted by atomic mass is 16.5. The van der Waals surface area contributed by atoms with Gasteiger partial charge in [0.2, 0.25) is 0 Å². The molecule has 110 valence electrons. The summed E-state index contributed by atoms with van der Waals surface area (Å²) in [7, 11) is 1.28. The van der Waals surface area contributed by atoms with Crippen molar-refractivity contribution in [3.8, 4) is 0 Å². The maximum absolute atomic E-state index is 12.0. The van der Waals surface area contributed by atoms with Crippen molar-refractivity contribution in [2.24, 2.45) is 0 Å². The highest BCUT2D eigenvalue weighted by Gasteiger charge is 2.16. The van der Waals surface area contributed by atoms with Crippen LogP contribution in [-0.2, 0) is 9.53 Å². The van der Waals surface area contributed by atoms with Crippen LogP contribution in [0, 0.1) is 0 Å². The first-order valence-corrected chi connectivity index (χ1v) is 6.38. The molecular weight excluding hydrogens is 260 g/mol. The van der Waals surface area contributed by atoms with Crippen LogP contribution in [0.15, 0.2) is 24.3 Å². The number of aliphatic hydroxyl groups is 1. The van der Waals surface area contributed by atoms with Gasteiger partial charge >= 0.3 is 12.0 Å². The van der Waals surface area contributed by atoms with Gasteiger partial charge in [-0.1, -0.05) is 12.1 Å². The van der Waals surface area contributed by atoms with E-state index < -0.39 is 12.1 Å². The van der Waals surface area contributed by atoms with Crippen LogP contribution in [0.25, 0.3) is 0 Å². The minimum absolute atomic E-state index is 0.102. The van der Waals surface area contributed by atoms with E-state index in [2.05, 4.69) is 10.1 Å². The standard InChI is InChI=1S/C14H20N2O4/c1-4-16(9-13(18)20-3)14(19)15-12-7-5-6-11(8-12)10(2)17/h5-8,10,17H,4,9H2,1-3H3,(H,15,19). The lowest BCUT2D eigenvalue weighted by Crippen LogP contribution is -2.39. The zero-order valence-electron chi connectivity index (χ0n) is 11.9. The number of nitrogens with zero attached hydrogens (tertiary/aromatic N) is 1.